The lowest BCUT2D eigenvalue weighted by atomic mass is 9.80. The summed E-state index contributed by atoms with van der Waals surface area (Å²) in [5.41, 5.74) is -0.247. The van der Waals surface area contributed by atoms with E-state index in [0.717, 1.165) is 5.56 Å². The fourth-order valence-corrected chi connectivity index (χ4v) is 4.18. The molecule has 4 atom stereocenters. The molecule has 2 saturated heterocycles. The van der Waals surface area contributed by atoms with Crippen LogP contribution in [0.1, 0.15) is 25.5 Å². The van der Waals surface area contributed by atoms with Gasteiger partial charge in [-0.15, -0.1) is 0 Å². The van der Waals surface area contributed by atoms with E-state index >= 15 is 0 Å². The van der Waals surface area contributed by atoms with Gasteiger partial charge in [-0.25, -0.2) is 4.79 Å². The molecular formula is C18H23N2O5+. The molecule has 0 spiro atoms. The van der Waals surface area contributed by atoms with Gasteiger partial charge in [0, 0.05) is 19.0 Å². The van der Waals surface area contributed by atoms with Crippen LogP contribution < -0.4 is 10.1 Å². The number of nitrogens with zero attached hydrogens (tertiary/aromatic N) is 1. The van der Waals surface area contributed by atoms with Crippen LogP contribution in [-0.2, 0) is 19.1 Å². The topological polar surface area (TPSA) is 89.5 Å². The first kappa shape index (κ1) is 17.4. The predicted molar refractivity (Wildman–Crippen MR) is 87.5 cm³/mol. The van der Waals surface area contributed by atoms with E-state index in [2.05, 4.69) is 0 Å². The Morgan fingerprint density at radius 3 is 2.36 bits per heavy atom. The summed E-state index contributed by atoms with van der Waals surface area (Å²) in [5.74, 6) is -1.60. The number of methoxy groups -OCH3 is 2. The third kappa shape index (κ3) is 2.41. The highest BCUT2D eigenvalue weighted by Crippen LogP contribution is 2.44. The molecule has 0 aliphatic carbocycles. The first-order chi connectivity index (χ1) is 11.9. The number of benzene rings is 1. The summed E-state index contributed by atoms with van der Waals surface area (Å²) in [4.78, 5) is 39.3. The van der Waals surface area contributed by atoms with Gasteiger partial charge in [0.1, 0.15) is 23.6 Å². The Bertz CT molecular complexity index is 717. The van der Waals surface area contributed by atoms with E-state index in [9.17, 15) is 14.4 Å². The lowest BCUT2D eigenvalue weighted by Gasteiger charge is -2.25. The number of hydrogen-bond acceptors (Lipinski definition) is 5. The molecule has 1 aromatic rings. The zero-order valence-electron chi connectivity index (χ0n) is 14.8. The summed E-state index contributed by atoms with van der Waals surface area (Å²) in [7, 11) is 2.88. The molecule has 134 valence electrons. The van der Waals surface area contributed by atoms with Crippen LogP contribution in [0.5, 0.6) is 5.75 Å². The van der Waals surface area contributed by atoms with E-state index in [1.807, 2.05) is 24.3 Å². The minimum Gasteiger partial charge on any atom is -0.497 e. The lowest BCUT2D eigenvalue weighted by Crippen LogP contribution is -2.97. The molecule has 7 heteroatoms. The molecule has 1 aromatic carbocycles. The molecule has 7 nitrogen and oxygen atoms in total. The van der Waals surface area contributed by atoms with Crippen molar-refractivity contribution in [2.24, 2.45) is 11.8 Å². The molecule has 0 unspecified atom stereocenters. The van der Waals surface area contributed by atoms with Crippen molar-refractivity contribution in [1.82, 2.24) is 4.90 Å². The standard InChI is InChI=1S/C18H22N2O5/c1-5-20-15(21)12-13(16(20)22)18(2,17(23)25-4)19-14(12)10-6-8-11(24-3)9-7-10/h6-9,12-14,19H,5H2,1-4H3/p+1/t12-,13+,14+,18-/m1/s1. The summed E-state index contributed by atoms with van der Waals surface area (Å²) < 4.78 is 10.1. The number of imide groups is 1. The fourth-order valence-electron chi connectivity index (χ4n) is 4.18. The van der Waals surface area contributed by atoms with E-state index in [1.54, 1.807) is 26.3 Å². The average molecular weight is 347 g/mol. The quantitative estimate of drug-likeness (QED) is 0.605. The number of carbonyl (C=O) groups excluding carboxylic acids is 3. The van der Waals surface area contributed by atoms with Gasteiger partial charge in [0.2, 0.25) is 17.4 Å². The van der Waals surface area contributed by atoms with Crippen molar-refractivity contribution >= 4 is 17.8 Å². The Hall–Kier alpha value is -2.41. The highest BCUT2D eigenvalue weighted by Gasteiger charge is 2.70. The summed E-state index contributed by atoms with van der Waals surface area (Å²) in [6, 6.07) is 7.03. The van der Waals surface area contributed by atoms with Crippen LogP contribution in [0.4, 0.5) is 0 Å². The number of fused-ring (bicyclic) bond motifs is 1. The number of ether oxygens (including phenoxy) is 2. The molecule has 0 radical (unpaired) electrons. The number of quaternary nitrogens is 1. The second kappa shape index (κ2) is 6.15. The van der Waals surface area contributed by atoms with Crippen molar-refractivity contribution in [3.05, 3.63) is 29.8 Å². The number of amides is 2. The summed E-state index contributed by atoms with van der Waals surface area (Å²) in [5, 5.41) is 1.80. The van der Waals surface area contributed by atoms with Crippen molar-refractivity contribution in [3.63, 3.8) is 0 Å². The number of likely N-dealkylation sites (tertiary alicyclic amines) is 1. The van der Waals surface area contributed by atoms with Crippen LogP contribution in [0.25, 0.3) is 0 Å². The molecule has 2 N–H and O–H groups in total. The largest absolute Gasteiger partial charge is 0.497 e. The van der Waals surface area contributed by atoms with Gasteiger partial charge < -0.3 is 14.8 Å². The van der Waals surface area contributed by atoms with Gasteiger partial charge >= 0.3 is 5.97 Å². The molecule has 2 aliphatic rings. The van der Waals surface area contributed by atoms with E-state index < -0.39 is 23.3 Å². The Morgan fingerprint density at radius 2 is 1.84 bits per heavy atom. The molecule has 0 aromatic heterocycles. The van der Waals surface area contributed by atoms with Crippen LogP contribution in [0, 0.1) is 11.8 Å². The smallest absolute Gasteiger partial charge is 0.368 e. The molecule has 0 bridgehead atoms. The second-order valence-electron chi connectivity index (χ2n) is 6.66. The van der Waals surface area contributed by atoms with E-state index in [0.29, 0.717) is 12.3 Å². The molecule has 3 rings (SSSR count). The summed E-state index contributed by atoms with van der Waals surface area (Å²) >= 11 is 0. The Kier molecular flexibility index (Phi) is 4.28. The lowest BCUT2D eigenvalue weighted by molar-refractivity contribution is -0.731. The minimum atomic E-state index is -1.12. The first-order valence-electron chi connectivity index (χ1n) is 8.32. The molecule has 2 aliphatic heterocycles. The van der Waals surface area contributed by atoms with Gasteiger partial charge in [0.25, 0.3) is 0 Å². The highest BCUT2D eigenvalue weighted by molar-refractivity contribution is 6.08. The zero-order chi connectivity index (χ0) is 18.4. The van der Waals surface area contributed by atoms with Crippen molar-refractivity contribution in [3.8, 4) is 5.75 Å². The maximum Gasteiger partial charge on any atom is 0.368 e. The third-order valence-electron chi connectivity index (χ3n) is 5.44. The number of hydrogen-bond donors (Lipinski definition) is 1. The Labute approximate surface area is 146 Å². The Morgan fingerprint density at radius 1 is 1.20 bits per heavy atom. The number of carbonyl (C=O) groups is 3. The van der Waals surface area contributed by atoms with Crippen LogP contribution in [0.2, 0.25) is 0 Å². The molecule has 25 heavy (non-hydrogen) atoms. The zero-order valence-corrected chi connectivity index (χ0v) is 14.8. The predicted octanol–water partition coefficient (Wildman–Crippen LogP) is -0.134. The molecular weight excluding hydrogens is 324 g/mol. The number of esters is 1. The van der Waals surface area contributed by atoms with Gasteiger partial charge in [-0.1, -0.05) is 0 Å². The van der Waals surface area contributed by atoms with Crippen LogP contribution in [0.15, 0.2) is 24.3 Å². The SMILES string of the molecule is CCN1C(=O)[C@@H]2[C@@H](C1=O)[C@](C)(C(=O)OC)[NH2+][C@H]2c1ccc(OC)cc1. The average Bonchev–Trinajstić information content (AvgIpc) is 3.08. The van der Waals surface area contributed by atoms with E-state index in [-0.39, 0.29) is 17.9 Å². The minimum absolute atomic E-state index is 0.220. The number of rotatable bonds is 4. The second-order valence-corrected chi connectivity index (χ2v) is 6.66. The first-order valence-corrected chi connectivity index (χ1v) is 8.32. The maximum atomic E-state index is 12.8. The molecule has 2 amide bonds. The van der Waals surface area contributed by atoms with Crippen molar-refractivity contribution in [2.75, 3.05) is 20.8 Å². The molecule has 2 fully saturated rings. The van der Waals surface area contributed by atoms with Gasteiger partial charge in [-0.2, -0.15) is 0 Å². The summed E-state index contributed by atoms with van der Waals surface area (Å²) in [6.07, 6.45) is 0. The molecule has 2 heterocycles. The third-order valence-corrected chi connectivity index (χ3v) is 5.44. The summed E-state index contributed by atoms with van der Waals surface area (Å²) in [6.45, 7) is 3.75. The van der Waals surface area contributed by atoms with Crippen molar-refractivity contribution < 1.29 is 29.2 Å². The normalized spacial score (nSPS) is 31.2. The fraction of sp³-hybridized carbons (Fsp3) is 0.500. The van der Waals surface area contributed by atoms with Gasteiger partial charge in [-0.05, 0) is 31.2 Å². The van der Waals surface area contributed by atoms with Crippen molar-refractivity contribution in [2.45, 2.75) is 25.4 Å². The number of nitrogens with two attached hydrogens (primary N) is 1. The monoisotopic (exact) mass is 347 g/mol. The van der Waals surface area contributed by atoms with Crippen LogP contribution in [0.3, 0.4) is 0 Å². The van der Waals surface area contributed by atoms with Crippen LogP contribution >= 0.6 is 0 Å². The molecule has 0 saturated carbocycles. The van der Waals surface area contributed by atoms with Gasteiger partial charge in [0.15, 0.2) is 0 Å². The van der Waals surface area contributed by atoms with Crippen molar-refractivity contribution in [1.29, 1.82) is 0 Å². The van der Waals surface area contributed by atoms with E-state index in [1.165, 1.54) is 12.0 Å². The highest BCUT2D eigenvalue weighted by atomic mass is 16.5. The van der Waals surface area contributed by atoms with Gasteiger partial charge in [-0.3, -0.25) is 14.5 Å². The Balaban J connectivity index is 2.06. The van der Waals surface area contributed by atoms with Crippen LogP contribution in [-0.4, -0.2) is 49.0 Å². The van der Waals surface area contributed by atoms with E-state index in [4.69, 9.17) is 9.47 Å². The maximum absolute atomic E-state index is 12.8. The van der Waals surface area contributed by atoms with Gasteiger partial charge in [0.05, 0.1) is 14.2 Å².